The molecule has 8 heteroatoms. The van der Waals surface area contributed by atoms with E-state index in [4.69, 9.17) is 15.2 Å². The number of anilines is 3. The zero-order valence-corrected chi connectivity index (χ0v) is 12.6. The molecule has 1 amide bonds. The molecule has 0 aromatic heterocycles. The zero-order chi connectivity index (χ0) is 17.5. The van der Waals surface area contributed by atoms with Crippen molar-refractivity contribution in [1.29, 1.82) is 0 Å². The Morgan fingerprint density at radius 2 is 1.88 bits per heavy atom. The summed E-state index contributed by atoms with van der Waals surface area (Å²) in [6.45, 7) is -0.249. The number of nitrogen functional groups attached to an aromatic ring is 1. The number of nitrogens with zero attached hydrogens (tertiary/aromatic N) is 1. The first-order valence-electron chi connectivity index (χ1n) is 6.92. The molecule has 5 nitrogen and oxygen atoms in total. The molecule has 2 aromatic carbocycles. The van der Waals surface area contributed by atoms with Gasteiger partial charge >= 0.3 is 6.18 Å². The first-order chi connectivity index (χ1) is 11.3. The number of methoxy groups -OCH3 is 1. The molecule has 0 saturated heterocycles. The van der Waals surface area contributed by atoms with Crippen LogP contribution in [0.5, 0.6) is 11.5 Å². The molecule has 0 atom stereocenters. The fourth-order valence-corrected chi connectivity index (χ4v) is 2.47. The van der Waals surface area contributed by atoms with Crippen molar-refractivity contribution in [2.75, 3.05) is 24.4 Å². The van der Waals surface area contributed by atoms with Crippen molar-refractivity contribution in [2.24, 2.45) is 0 Å². The third kappa shape index (κ3) is 2.70. The molecule has 1 aliphatic rings. The summed E-state index contributed by atoms with van der Waals surface area (Å²) in [5.41, 5.74) is 5.86. The van der Waals surface area contributed by atoms with E-state index < -0.39 is 17.6 Å². The van der Waals surface area contributed by atoms with Gasteiger partial charge in [-0.2, -0.15) is 13.2 Å². The van der Waals surface area contributed by atoms with Gasteiger partial charge in [0, 0.05) is 11.8 Å². The Labute approximate surface area is 135 Å². The number of halogens is 3. The number of amides is 1. The van der Waals surface area contributed by atoms with E-state index >= 15 is 0 Å². The summed E-state index contributed by atoms with van der Waals surface area (Å²) in [5.74, 6) is -0.121. The van der Waals surface area contributed by atoms with Crippen LogP contribution >= 0.6 is 0 Å². The molecule has 0 unspecified atom stereocenters. The highest BCUT2D eigenvalue weighted by molar-refractivity contribution is 6.05. The number of carbonyl (C=O) groups excluding carboxylic acids is 1. The molecule has 3 rings (SSSR count). The lowest BCUT2D eigenvalue weighted by atomic mass is 10.1. The highest BCUT2D eigenvalue weighted by Gasteiger charge is 2.34. The second-order valence-corrected chi connectivity index (χ2v) is 5.13. The lowest BCUT2D eigenvalue weighted by Crippen LogP contribution is -2.35. The fraction of sp³-hybridized carbons (Fsp3) is 0.188. The molecule has 0 saturated carbocycles. The van der Waals surface area contributed by atoms with Gasteiger partial charge in [-0.15, -0.1) is 0 Å². The summed E-state index contributed by atoms with van der Waals surface area (Å²) in [6.07, 6.45) is -4.51. The van der Waals surface area contributed by atoms with Gasteiger partial charge in [0.1, 0.15) is 11.5 Å². The quantitative estimate of drug-likeness (QED) is 0.853. The Hall–Kier alpha value is -2.90. The minimum atomic E-state index is -4.51. The molecule has 0 bridgehead atoms. The Kier molecular flexibility index (Phi) is 3.75. The average Bonchev–Trinajstić information content (AvgIpc) is 2.53. The second-order valence-electron chi connectivity index (χ2n) is 5.13. The van der Waals surface area contributed by atoms with Gasteiger partial charge in [-0.25, -0.2) is 0 Å². The van der Waals surface area contributed by atoms with Gasteiger partial charge in [-0.05, 0) is 30.3 Å². The standard InChI is InChI=1S/C16H13F3N2O3/c1-23-13-6-9(16(17,18)19)2-4-11(13)21-12-5-3-10(20)7-14(12)24-8-15(21)22/h2-7H,8,20H2,1H3. The molecule has 2 N–H and O–H groups in total. The predicted molar refractivity (Wildman–Crippen MR) is 81.5 cm³/mol. The number of ether oxygens (including phenoxy) is 2. The van der Waals surface area contributed by atoms with E-state index in [1.54, 1.807) is 18.2 Å². The molecule has 0 fully saturated rings. The molecular formula is C16H13F3N2O3. The van der Waals surface area contributed by atoms with Gasteiger partial charge in [-0.3, -0.25) is 9.69 Å². The van der Waals surface area contributed by atoms with Crippen molar-refractivity contribution in [3.05, 3.63) is 42.0 Å². The number of alkyl halides is 3. The normalized spacial score (nSPS) is 14.2. The predicted octanol–water partition coefficient (Wildman–Crippen LogP) is 3.35. The van der Waals surface area contributed by atoms with Crippen molar-refractivity contribution < 1.29 is 27.4 Å². The SMILES string of the molecule is COc1cc(C(F)(F)F)ccc1N1C(=O)COc2cc(N)ccc21. The number of carbonyl (C=O) groups is 1. The van der Waals surface area contributed by atoms with E-state index in [-0.39, 0.29) is 18.0 Å². The van der Waals surface area contributed by atoms with E-state index in [2.05, 4.69) is 0 Å². The molecule has 2 aromatic rings. The Bertz CT molecular complexity index is 806. The van der Waals surface area contributed by atoms with Crippen molar-refractivity contribution in [1.82, 2.24) is 0 Å². The Morgan fingerprint density at radius 3 is 2.54 bits per heavy atom. The number of rotatable bonds is 2. The Balaban J connectivity index is 2.13. The van der Waals surface area contributed by atoms with E-state index in [0.717, 1.165) is 12.1 Å². The van der Waals surface area contributed by atoms with Crippen molar-refractivity contribution >= 4 is 23.0 Å². The maximum absolute atomic E-state index is 12.9. The van der Waals surface area contributed by atoms with Crippen LogP contribution in [-0.4, -0.2) is 19.6 Å². The van der Waals surface area contributed by atoms with Crippen molar-refractivity contribution in [3.63, 3.8) is 0 Å². The number of benzene rings is 2. The second kappa shape index (κ2) is 5.63. The lowest BCUT2D eigenvalue weighted by Gasteiger charge is -2.30. The summed E-state index contributed by atoms with van der Waals surface area (Å²) in [4.78, 5) is 13.5. The highest BCUT2D eigenvalue weighted by Crippen LogP contribution is 2.43. The van der Waals surface area contributed by atoms with E-state index in [1.165, 1.54) is 18.1 Å². The fourth-order valence-electron chi connectivity index (χ4n) is 2.47. The van der Waals surface area contributed by atoms with Crippen molar-refractivity contribution in [3.8, 4) is 11.5 Å². The number of hydrogen-bond acceptors (Lipinski definition) is 4. The van der Waals surface area contributed by atoms with Gasteiger partial charge in [-0.1, -0.05) is 0 Å². The maximum Gasteiger partial charge on any atom is 0.416 e. The summed E-state index contributed by atoms with van der Waals surface area (Å²) in [6, 6.07) is 7.64. The molecule has 24 heavy (non-hydrogen) atoms. The summed E-state index contributed by atoms with van der Waals surface area (Å²) < 4.78 is 49.0. The van der Waals surface area contributed by atoms with Crippen LogP contribution in [0.3, 0.4) is 0 Å². The van der Waals surface area contributed by atoms with Crippen LogP contribution in [0, 0.1) is 0 Å². The highest BCUT2D eigenvalue weighted by atomic mass is 19.4. The summed E-state index contributed by atoms with van der Waals surface area (Å²) in [7, 11) is 1.24. The number of nitrogens with two attached hydrogens (primary N) is 1. The smallest absolute Gasteiger partial charge is 0.416 e. The molecule has 1 aliphatic heterocycles. The zero-order valence-electron chi connectivity index (χ0n) is 12.6. The molecule has 126 valence electrons. The van der Waals surface area contributed by atoms with Crippen LogP contribution in [0.25, 0.3) is 0 Å². The van der Waals surface area contributed by atoms with Crippen LogP contribution in [-0.2, 0) is 11.0 Å². The third-order valence-electron chi connectivity index (χ3n) is 3.57. The van der Waals surface area contributed by atoms with Crippen LogP contribution in [0.15, 0.2) is 36.4 Å². The van der Waals surface area contributed by atoms with Crippen molar-refractivity contribution in [2.45, 2.75) is 6.18 Å². The average molecular weight is 338 g/mol. The monoisotopic (exact) mass is 338 g/mol. The van der Waals surface area contributed by atoms with Gasteiger partial charge in [0.05, 0.1) is 24.0 Å². The molecule has 1 heterocycles. The Morgan fingerprint density at radius 1 is 1.17 bits per heavy atom. The summed E-state index contributed by atoms with van der Waals surface area (Å²) >= 11 is 0. The topological polar surface area (TPSA) is 64.8 Å². The molecular weight excluding hydrogens is 325 g/mol. The van der Waals surface area contributed by atoms with Crippen LogP contribution in [0.2, 0.25) is 0 Å². The maximum atomic E-state index is 12.9. The lowest BCUT2D eigenvalue weighted by molar-refractivity contribution is -0.137. The first kappa shape index (κ1) is 16.0. The molecule has 0 spiro atoms. The van der Waals surface area contributed by atoms with E-state index in [9.17, 15) is 18.0 Å². The minimum Gasteiger partial charge on any atom is -0.495 e. The van der Waals surface area contributed by atoms with Crippen LogP contribution in [0.1, 0.15) is 5.56 Å². The van der Waals surface area contributed by atoms with E-state index in [0.29, 0.717) is 17.1 Å². The molecule has 0 aliphatic carbocycles. The van der Waals surface area contributed by atoms with Gasteiger partial charge in [0.2, 0.25) is 0 Å². The molecule has 0 radical (unpaired) electrons. The van der Waals surface area contributed by atoms with Gasteiger partial charge in [0.25, 0.3) is 5.91 Å². The van der Waals surface area contributed by atoms with Gasteiger partial charge < -0.3 is 15.2 Å². The first-order valence-corrected chi connectivity index (χ1v) is 6.92. The largest absolute Gasteiger partial charge is 0.495 e. The van der Waals surface area contributed by atoms with Crippen LogP contribution in [0.4, 0.5) is 30.2 Å². The van der Waals surface area contributed by atoms with E-state index in [1.807, 2.05) is 0 Å². The number of hydrogen-bond donors (Lipinski definition) is 1. The number of fused-ring (bicyclic) bond motifs is 1. The third-order valence-corrected chi connectivity index (χ3v) is 3.57. The van der Waals surface area contributed by atoms with Gasteiger partial charge in [0.15, 0.2) is 6.61 Å². The summed E-state index contributed by atoms with van der Waals surface area (Å²) in [5, 5.41) is 0. The minimum absolute atomic E-state index is 0.0668. The van der Waals surface area contributed by atoms with Crippen LogP contribution < -0.4 is 20.1 Å².